The summed E-state index contributed by atoms with van der Waals surface area (Å²) < 4.78 is 12.6. The van der Waals surface area contributed by atoms with Gasteiger partial charge in [-0.25, -0.2) is 4.39 Å². The van der Waals surface area contributed by atoms with E-state index in [4.69, 9.17) is 0 Å². The lowest BCUT2D eigenvalue weighted by atomic mass is 10.1. The van der Waals surface area contributed by atoms with Gasteiger partial charge in [0, 0.05) is 18.5 Å². The highest BCUT2D eigenvalue weighted by Gasteiger charge is 2.39. The predicted molar refractivity (Wildman–Crippen MR) is 36.7 cm³/mol. The summed E-state index contributed by atoms with van der Waals surface area (Å²) in [4.78, 5) is 0. The molecule has 1 aliphatic carbocycles. The van der Waals surface area contributed by atoms with E-state index < -0.39 is 6.17 Å². The summed E-state index contributed by atoms with van der Waals surface area (Å²) >= 11 is 0. The number of alkyl halides is 1. The average Bonchev–Trinajstić information content (AvgIpc) is 2.23. The van der Waals surface area contributed by atoms with Crippen molar-refractivity contribution in [3.8, 4) is 0 Å². The van der Waals surface area contributed by atoms with Crippen LogP contribution in [0, 0.1) is 5.92 Å². The van der Waals surface area contributed by atoms with Crippen molar-refractivity contribution in [2.75, 3.05) is 6.54 Å². The molecule has 1 nitrogen and oxygen atoms in total. The van der Waals surface area contributed by atoms with Crippen LogP contribution < -0.4 is 5.32 Å². The van der Waals surface area contributed by atoms with Crippen molar-refractivity contribution >= 4 is 12.4 Å². The Bertz CT molecular complexity index is 107. The van der Waals surface area contributed by atoms with Crippen LogP contribution in [0.4, 0.5) is 4.39 Å². The Morgan fingerprint density at radius 1 is 1.33 bits per heavy atom. The molecule has 0 unspecified atom stereocenters. The van der Waals surface area contributed by atoms with E-state index in [0.29, 0.717) is 12.0 Å². The monoisotopic (exact) mass is 151 g/mol. The molecule has 2 bridgehead atoms. The third-order valence-corrected chi connectivity index (χ3v) is 2.28. The molecule has 0 aromatic rings. The lowest BCUT2D eigenvalue weighted by molar-refractivity contribution is 0.242. The molecule has 1 heterocycles. The summed E-state index contributed by atoms with van der Waals surface area (Å²) in [6.45, 7) is 0.922. The number of hydrogen-bond acceptors (Lipinski definition) is 1. The number of fused-ring (bicyclic) bond motifs is 2. The highest BCUT2D eigenvalue weighted by molar-refractivity contribution is 5.85. The van der Waals surface area contributed by atoms with Gasteiger partial charge in [0.1, 0.15) is 6.17 Å². The molecule has 3 heteroatoms. The average molecular weight is 152 g/mol. The van der Waals surface area contributed by atoms with Gasteiger partial charge in [0.05, 0.1) is 0 Å². The Morgan fingerprint density at radius 3 is 2.33 bits per heavy atom. The first-order valence-electron chi connectivity index (χ1n) is 3.24. The van der Waals surface area contributed by atoms with Gasteiger partial charge in [0.15, 0.2) is 0 Å². The first-order valence-corrected chi connectivity index (χ1v) is 3.24. The normalized spacial score (nSPS) is 47.0. The Balaban J connectivity index is 0.000000405. The van der Waals surface area contributed by atoms with Crippen LogP contribution in [0.25, 0.3) is 0 Å². The van der Waals surface area contributed by atoms with Gasteiger partial charge in [0.25, 0.3) is 0 Å². The summed E-state index contributed by atoms with van der Waals surface area (Å²) in [5.41, 5.74) is 0. The minimum Gasteiger partial charge on any atom is -0.313 e. The molecule has 1 N–H and O–H groups in total. The molecule has 0 amide bonds. The largest absolute Gasteiger partial charge is 0.313 e. The van der Waals surface area contributed by atoms with Gasteiger partial charge in [0.2, 0.25) is 0 Å². The van der Waals surface area contributed by atoms with Crippen molar-refractivity contribution in [1.82, 2.24) is 5.32 Å². The summed E-state index contributed by atoms with van der Waals surface area (Å²) in [5, 5.41) is 3.25. The minimum atomic E-state index is -0.485. The Kier molecular flexibility index (Phi) is 1.97. The standard InChI is InChI=1S/C6H10FN.ClH/c7-6-2-5-1-4(6)3-8-5;/h4-6,8H,1-3H2;1H/t4-,5+,6-;/m0./s1. The van der Waals surface area contributed by atoms with Gasteiger partial charge >= 0.3 is 0 Å². The van der Waals surface area contributed by atoms with Crippen LogP contribution in [0.1, 0.15) is 12.8 Å². The zero-order valence-corrected chi connectivity index (χ0v) is 5.96. The van der Waals surface area contributed by atoms with Crippen LogP contribution in [-0.4, -0.2) is 18.8 Å². The summed E-state index contributed by atoms with van der Waals surface area (Å²) in [7, 11) is 0. The quantitative estimate of drug-likeness (QED) is 0.548. The molecule has 2 rings (SSSR count). The molecule has 0 radical (unpaired) electrons. The first-order chi connectivity index (χ1) is 3.86. The molecule has 2 fully saturated rings. The number of piperidine rings is 1. The maximum atomic E-state index is 12.6. The van der Waals surface area contributed by atoms with E-state index >= 15 is 0 Å². The van der Waals surface area contributed by atoms with Crippen molar-refractivity contribution < 1.29 is 4.39 Å². The SMILES string of the molecule is Cl.F[C@H]1C[C@H]2C[C@H]1CN2. The molecule has 9 heavy (non-hydrogen) atoms. The van der Waals surface area contributed by atoms with Gasteiger partial charge in [-0.2, -0.15) is 0 Å². The molecule has 0 spiro atoms. The molecule has 0 aromatic carbocycles. The van der Waals surface area contributed by atoms with E-state index in [2.05, 4.69) is 5.32 Å². The molecule has 1 saturated carbocycles. The highest BCUT2D eigenvalue weighted by Crippen LogP contribution is 2.32. The van der Waals surface area contributed by atoms with Crippen molar-refractivity contribution in [2.24, 2.45) is 5.92 Å². The lowest BCUT2D eigenvalue weighted by Crippen LogP contribution is -2.30. The van der Waals surface area contributed by atoms with Gasteiger partial charge in [-0.1, -0.05) is 0 Å². The molecule has 2 aliphatic rings. The highest BCUT2D eigenvalue weighted by atomic mass is 35.5. The fourth-order valence-electron chi connectivity index (χ4n) is 1.77. The minimum absolute atomic E-state index is 0. The van der Waals surface area contributed by atoms with Crippen molar-refractivity contribution in [1.29, 1.82) is 0 Å². The smallest absolute Gasteiger partial charge is 0.106 e. The predicted octanol–water partition coefficient (Wildman–Crippen LogP) is 1.13. The van der Waals surface area contributed by atoms with E-state index in [1.807, 2.05) is 0 Å². The first kappa shape index (κ1) is 7.29. The molecular formula is C6H11ClFN. The number of hydrogen-bond donors (Lipinski definition) is 1. The third-order valence-electron chi connectivity index (χ3n) is 2.28. The van der Waals surface area contributed by atoms with Crippen LogP contribution in [0.3, 0.4) is 0 Å². The second-order valence-corrected chi connectivity index (χ2v) is 2.85. The maximum Gasteiger partial charge on any atom is 0.106 e. The van der Waals surface area contributed by atoms with E-state index in [9.17, 15) is 4.39 Å². The van der Waals surface area contributed by atoms with Crippen LogP contribution in [-0.2, 0) is 0 Å². The summed E-state index contributed by atoms with van der Waals surface area (Å²) in [6, 6.07) is 0.523. The van der Waals surface area contributed by atoms with Crippen LogP contribution in [0.15, 0.2) is 0 Å². The van der Waals surface area contributed by atoms with Gasteiger partial charge in [-0.05, 0) is 12.8 Å². The summed E-state index contributed by atoms with van der Waals surface area (Å²) in [5.74, 6) is 0.361. The van der Waals surface area contributed by atoms with Gasteiger partial charge < -0.3 is 5.32 Å². The van der Waals surface area contributed by atoms with Crippen molar-refractivity contribution in [3.05, 3.63) is 0 Å². The number of nitrogens with one attached hydrogen (secondary N) is 1. The number of halogens is 2. The molecule has 1 saturated heterocycles. The van der Waals surface area contributed by atoms with Crippen LogP contribution in [0.5, 0.6) is 0 Å². The van der Waals surface area contributed by atoms with E-state index in [-0.39, 0.29) is 12.4 Å². The van der Waals surface area contributed by atoms with Gasteiger partial charge in [-0.3, -0.25) is 0 Å². The maximum absolute atomic E-state index is 12.6. The van der Waals surface area contributed by atoms with Crippen molar-refractivity contribution in [2.45, 2.75) is 25.1 Å². The van der Waals surface area contributed by atoms with Gasteiger partial charge in [-0.15, -0.1) is 12.4 Å². The Labute approximate surface area is 60.4 Å². The molecule has 3 atom stereocenters. The Morgan fingerprint density at radius 2 is 2.11 bits per heavy atom. The van der Waals surface area contributed by atoms with Crippen LogP contribution >= 0.6 is 12.4 Å². The summed E-state index contributed by atoms with van der Waals surface area (Å²) in [6.07, 6.45) is 1.37. The molecule has 1 aliphatic heterocycles. The number of rotatable bonds is 0. The molecule has 54 valence electrons. The fourth-order valence-corrected chi connectivity index (χ4v) is 1.77. The third kappa shape index (κ3) is 1.06. The fraction of sp³-hybridized carbons (Fsp3) is 1.00. The lowest BCUT2D eigenvalue weighted by Gasteiger charge is -2.13. The molecule has 0 aromatic heterocycles. The van der Waals surface area contributed by atoms with Crippen LogP contribution in [0.2, 0.25) is 0 Å². The second kappa shape index (κ2) is 2.43. The van der Waals surface area contributed by atoms with Crippen molar-refractivity contribution in [3.63, 3.8) is 0 Å². The second-order valence-electron chi connectivity index (χ2n) is 2.85. The van der Waals surface area contributed by atoms with E-state index in [1.165, 1.54) is 0 Å². The Hall–Kier alpha value is 0.180. The molecular weight excluding hydrogens is 141 g/mol. The topological polar surface area (TPSA) is 12.0 Å². The van der Waals surface area contributed by atoms with E-state index in [1.54, 1.807) is 0 Å². The zero-order valence-electron chi connectivity index (χ0n) is 5.14. The van der Waals surface area contributed by atoms with E-state index in [0.717, 1.165) is 19.4 Å². The zero-order chi connectivity index (χ0) is 5.56.